The molecule has 0 radical (unpaired) electrons. The normalized spacial score (nSPS) is 16.2. The Bertz CT molecular complexity index is 304. The van der Waals surface area contributed by atoms with Crippen LogP contribution >= 0.6 is 0 Å². The molecule has 1 unspecified atom stereocenters. The van der Waals surface area contributed by atoms with Crippen LogP contribution in [0.15, 0.2) is 0 Å². The molecule has 0 bridgehead atoms. The van der Waals surface area contributed by atoms with Crippen molar-refractivity contribution in [2.24, 2.45) is 11.5 Å². The second kappa shape index (κ2) is 5.57. The highest BCUT2D eigenvalue weighted by Crippen LogP contribution is 2.11. The first kappa shape index (κ1) is 14.5. The number of carboxylic acid groups (broad SMARTS) is 2. The van der Waals surface area contributed by atoms with Gasteiger partial charge in [-0.1, -0.05) is 6.92 Å². The smallest absolute Gasteiger partial charge is 0.320 e. The van der Waals surface area contributed by atoms with Crippen molar-refractivity contribution in [3.63, 3.8) is 0 Å². The van der Waals surface area contributed by atoms with Crippen molar-refractivity contribution < 1.29 is 24.6 Å². The molecule has 0 spiro atoms. The number of nitrogens with two attached hydrogens (primary N) is 2. The molecule has 0 aromatic carbocycles. The number of carboxylic acids is 2. The number of hydrogen-bond acceptors (Lipinski definition) is 6. The van der Waals surface area contributed by atoms with E-state index in [0.29, 0.717) is 0 Å². The van der Waals surface area contributed by atoms with E-state index in [-0.39, 0.29) is 19.3 Å². The molecule has 7 nitrogen and oxygen atoms in total. The Morgan fingerprint density at radius 3 is 2.25 bits per heavy atom. The fourth-order valence-electron chi connectivity index (χ4n) is 1.09. The molecular weight excluding hydrogens is 216 g/mol. The number of carbonyl (C=O) groups excluding carboxylic acids is 2. The van der Waals surface area contributed by atoms with Gasteiger partial charge in [-0.25, -0.2) is 0 Å². The van der Waals surface area contributed by atoms with Crippen molar-refractivity contribution in [3.8, 4) is 0 Å². The lowest BCUT2D eigenvalue weighted by molar-refractivity contribution is -0.311. The molecular formula is C9H15N2O5-. The van der Waals surface area contributed by atoms with Crippen molar-refractivity contribution in [2.75, 3.05) is 0 Å². The predicted octanol–water partition coefficient (Wildman–Crippen LogP) is -2.39. The third-order valence-electron chi connectivity index (χ3n) is 2.42. The maximum absolute atomic E-state index is 11.5. The lowest BCUT2D eigenvalue weighted by Crippen LogP contribution is -2.60. The molecule has 0 fully saturated rings. The number of rotatable bonds is 7. The Morgan fingerprint density at radius 2 is 1.94 bits per heavy atom. The maximum atomic E-state index is 11.5. The van der Waals surface area contributed by atoms with E-state index in [1.54, 1.807) is 0 Å². The summed E-state index contributed by atoms with van der Waals surface area (Å²) < 4.78 is 0. The third-order valence-corrected chi connectivity index (χ3v) is 2.42. The Labute approximate surface area is 92.4 Å². The molecule has 7 heteroatoms. The van der Waals surface area contributed by atoms with Crippen molar-refractivity contribution in [1.29, 1.82) is 0 Å². The second-order valence-electron chi connectivity index (χ2n) is 3.52. The van der Waals surface area contributed by atoms with Gasteiger partial charge >= 0.3 is 5.97 Å². The summed E-state index contributed by atoms with van der Waals surface area (Å²) in [7, 11) is 0. The summed E-state index contributed by atoms with van der Waals surface area (Å²) >= 11 is 0. The van der Waals surface area contributed by atoms with Gasteiger partial charge in [-0.15, -0.1) is 0 Å². The number of Topliss-reactive ketones (excluding diaryl/α,β-unsaturated/α-hetero) is 1. The summed E-state index contributed by atoms with van der Waals surface area (Å²) in [6, 6.07) is -1.20. The molecule has 92 valence electrons. The van der Waals surface area contributed by atoms with Crippen LogP contribution in [0.1, 0.15) is 26.2 Å². The molecule has 0 heterocycles. The van der Waals surface area contributed by atoms with E-state index in [4.69, 9.17) is 16.6 Å². The van der Waals surface area contributed by atoms with Gasteiger partial charge in [-0.3, -0.25) is 9.59 Å². The van der Waals surface area contributed by atoms with Gasteiger partial charge in [0.1, 0.15) is 11.6 Å². The molecule has 0 aliphatic heterocycles. The molecule has 0 saturated heterocycles. The van der Waals surface area contributed by atoms with E-state index in [1.807, 2.05) is 0 Å². The minimum Gasteiger partial charge on any atom is -0.548 e. The van der Waals surface area contributed by atoms with Gasteiger partial charge in [0.25, 0.3) is 0 Å². The van der Waals surface area contributed by atoms with Crippen LogP contribution < -0.4 is 16.6 Å². The van der Waals surface area contributed by atoms with Crippen LogP contribution in [0, 0.1) is 0 Å². The quantitative estimate of drug-likeness (QED) is 0.414. The average molecular weight is 231 g/mol. The standard InChI is InChI=1S/C9H16N2O5/c1-2-9(11,8(15)16)6(12)4-3-5(10)7(13)14/h5H,2-4,10-11H2,1H3,(H,13,14)(H,15,16)/p-1/t5-,9?/m0/s1. The Hall–Kier alpha value is -1.47. The SMILES string of the molecule is CCC(N)(C(=O)[O-])C(=O)CC[C@H](N)C(=O)O. The molecule has 0 amide bonds. The number of aliphatic carboxylic acids is 2. The third kappa shape index (κ3) is 3.28. The van der Waals surface area contributed by atoms with Gasteiger partial charge in [-0.2, -0.15) is 0 Å². The largest absolute Gasteiger partial charge is 0.548 e. The van der Waals surface area contributed by atoms with Crippen molar-refractivity contribution in [3.05, 3.63) is 0 Å². The molecule has 16 heavy (non-hydrogen) atoms. The zero-order chi connectivity index (χ0) is 12.9. The van der Waals surface area contributed by atoms with Crippen molar-refractivity contribution in [2.45, 2.75) is 37.8 Å². The van der Waals surface area contributed by atoms with Crippen LogP contribution in [0.3, 0.4) is 0 Å². The van der Waals surface area contributed by atoms with Gasteiger partial charge in [0.2, 0.25) is 0 Å². The van der Waals surface area contributed by atoms with Crippen LogP contribution in [0.2, 0.25) is 0 Å². The highest BCUT2D eigenvalue weighted by Gasteiger charge is 2.33. The van der Waals surface area contributed by atoms with Gasteiger partial charge in [0, 0.05) is 6.42 Å². The van der Waals surface area contributed by atoms with Gasteiger partial charge < -0.3 is 26.5 Å². The van der Waals surface area contributed by atoms with Crippen molar-refractivity contribution >= 4 is 17.7 Å². The summed E-state index contributed by atoms with van der Waals surface area (Å²) in [6.45, 7) is 1.44. The van der Waals surface area contributed by atoms with Crippen molar-refractivity contribution in [1.82, 2.24) is 0 Å². The second-order valence-corrected chi connectivity index (χ2v) is 3.52. The first-order chi connectivity index (χ1) is 7.25. The molecule has 2 atom stereocenters. The van der Waals surface area contributed by atoms with E-state index in [9.17, 15) is 19.5 Å². The summed E-state index contributed by atoms with van der Waals surface area (Å²) in [5.41, 5.74) is 8.46. The minimum atomic E-state index is -2.06. The first-order valence-corrected chi connectivity index (χ1v) is 4.77. The predicted molar refractivity (Wildman–Crippen MR) is 52.1 cm³/mol. The zero-order valence-electron chi connectivity index (χ0n) is 8.93. The zero-order valence-corrected chi connectivity index (χ0v) is 8.93. The highest BCUT2D eigenvalue weighted by atomic mass is 16.4. The Kier molecular flexibility index (Phi) is 5.06. The Balaban J connectivity index is 4.46. The molecule has 0 rings (SSSR count). The fourth-order valence-corrected chi connectivity index (χ4v) is 1.09. The Morgan fingerprint density at radius 1 is 1.44 bits per heavy atom. The van der Waals surface area contributed by atoms with Crippen LogP contribution in [0.4, 0.5) is 0 Å². The monoisotopic (exact) mass is 231 g/mol. The van der Waals surface area contributed by atoms with Crippen LogP contribution in [-0.2, 0) is 14.4 Å². The van der Waals surface area contributed by atoms with Crippen LogP contribution in [0.5, 0.6) is 0 Å². The summed E-state index contributed by atoms with van der Waals surface area (Å²) in [5, 5.41) is 19.1. The molecule has 0 saturated carbocycles. The summed E-state index contributed by atoms with van der Waals surface area (Å²) in [5.74, 6) is -3.68. The van der Waals surface area contributed by atoms with E-state index in [2.05, 4.69) is 0 Å². The highest BCUT2D eigenvalue weighted by molar-refractivity contribution is 6.06. The minimum absolute atomic E-state index is 0.115. The maximum Gasteiger partial charge on any atom is 0.320 e. The average Bonchev–Trinajstić information content (AvgIpc) is 2.23. The molecule has 5 N–H and O–H groups in total. The van der Waals surface area contributed by atoms with E-state index >= 15 is 0 Å². The van der Waals surface area contributed by atoms with Gasteiger partial charge in [-0.05, 0) is 12.8 Å². The number of ketones is 1. The van der Waals surface area contributed by atoms with E-state index in [0.717, 1.165) is 0 Å². The molecule has 0 aliphatic rings. The number of carbonyl (C=O) groups is 3. The molecule has 0 aromatic rings. The summed E-state index contributed by atoms with van der Waals surface area (Å²) in [6.07, 6.45) is -0.567. The topological polar surface area (TPSA) is 147 Å². The van der Waals surface area contributed by atoms with Gasteiger partial charge in [0.15, 0.2) is 5.78 Å². The molecule has 0 aliphatic carbocycles. The lowest BCUT2D eigenvalue weighted by Gasteiger charge is -2.27. The summed E-state index contributed by atoms with van der Waals surface area (Å²) in [4.78, 5) is 32.5. The van der Waals surface area contributed by atoms with Crippen LogP contribution in [-0.4, -0.2) is 34.4 Å². The van der Waals surface area contributed by atoms with Crippen LogP contribution in [0.25, 0.3) is 0 Å². The van der Waals surface area contributed by atoms with E-state index < -0.39 is 29.3 Å². The first-order valence-electron chi connectivity index (χ1n) is 4.77. The van der Waals surface area contributed by atoms with E-state index in [1.165, 1.54) is 6.92 Å². The number of hydrogen-bond donors (Lipinski definition) is 3. The van der Waals surface area contributed by atoms with Gasteiger partial charge in [0.05, 0.1) is 5.97 Å². The fraction of sp³-hybridized carbons (Fsp3) is 0.667. The molecule has 0 aromatic heterocycles. The lowest BCUT2D eigenvalue weighted by atomic mass is 9.89.